The highest BCUT2D eigenvalue weighted by molar-refractivity contribution is 6.32. The van der Waals surface area contributed by atoms with Gasteiger partial charge in [-0.2, -0.15) is 5.10 Å². The van der Waals surface area contributed by atoms with Crippen molar-refractivity contribution in [2.75, 3.05) is 6.54 Å². The Morgan fingerprint density at radius 2 is 2.26 bits per heavy atom. The maximum atomic E-state index is 12.7. The highest BCUT2D eigenvalue weighted by Gasteiger charge is 2.30. The summed E-state index contributed by atoms with van der Waals surface area (Å²) < 4.78 is 1.62. The molecule has 1 aliphatic rings. The Hall–Kier alpha value is -1.85. The van der Waals surface area contributed by atoms with Crippen LogP contribution < -0.4 is 0 Å². The fourth-order valence-corrected chi connectivity index (χ4v) is 3.33. The van der Waals surface area contributed by atoms with Gasteiger partial charge in [0.2, 0.25) is 0 Å². The third-order valence-electron chi connectivity index (χ3n) is 4.18. The zero-order valence-electron chi connectivity index (χ0n) is 13.0. The van der Waals surface area contributed by atoms with Crippen molar-refractivity contribution in [3.05, 3.63) is 47.2 Å². The minimum Gasteiger partial charge on any atom is -0.393 e. The minimum atomic E-state index is -0.403. The number of aliphatic hydroxyl groups is 1. The van der Waals surface area contributed by atoms with Gasteiger partial charge in [0, 0.05) is 18.8 Å². The first-order chi connectivity index (χ1) is 11.1. The van der Waals surface area contributed by atoms with E-state index < -0.39 is 6.10 Å². The molecule has 0 bridgehead atoms. The summed E-state index contributed by atoms with van der Waals surface area (Å²) in [5.41, 5.74) is 1.29. The zero-order valence-corrected chi connectivity index (χ0v) is 13.8. The maximum Gasteiger partial charge on any atom is 0.257 e. The van der Waals surface area contributed by atoms with E-state index in [0.29, 0.717) is 17.0 Å². The molecule has 0 spiro atoms. The van der Waals surface area contributed by atoms with E-state index in [-0.39, 0.29) is 11.9 Å². The van der Waals surface area contributed by atoms with Gasteiger partial charge in [-0.25, -0.2) is 4.68 Å². The monoisotopic (exact) mass is 333 g/mol. The molecule has 0 aliphatic carbocycles. The number of carbonyl (C=O) groups excluding carboxylic acids is 1. The highest BCUT2D eigenvalue weighted by Crippen LogP contribution is 2.24. The van der Waals surface area contributed by atoms with Crippen LogP contribution in [0.1, 0.15) is 36.5 Å². The molecule has 1 aromatic heterocycles. The van der Waals surface area contributed by atoms with Crippen molar-refractivity contribution in [3.8, 4) is 5.69 Å². The third kappa shape index (κ3) is 3.41. The topological polar surface area (TPSA) is 58.4 Å². The summed E-state index contributed by atoms with van der Waals surface area (Å²) in [7, 11) is 0. The van der Waals surface area contributed by atoms with Crippen LogP contribution in [0, 0.1) is 0 Å². The lowest BCUT2D eigenvalue weighted by Gasteiger charge is -2.25. The average Bonchev–Trinajstić information content (AvgIpc) is 3.16. The summed E-state index contributed by atoms with van der Waals surface area (Å²) in [5.74, 6) is -0.0357. The molecular weight excluding hydrogens is 314 g/mol. The van der Waals surface area contributed by atoms with Gasteiger partial charge in [0.15, 0.2) is 0 Å². The van der Waals surface area contributed by atoms with Crippen LogP contribution in [0.25, 0.3) is 5.69 Å². The first kappa shape index (κ1) is 16.0. The Balaban J connectivity index is 1.80. The van der Waals surface area contributed by atoms with Crippen LogP contribution in [0.3, 0.4) is 0 Å². The number of para-hydroxylation sites is 1. The van der Waals surface area contributed by atoms with E-state index in [0.717, 1.165) is 25.1 Å². The molecule has 1 saturated heterocycles. The number of aromatic nitrogens is 2. The number of halogens is 1. The van der Waals surface area contributed by atoms with Gasteiger partial charge in [-0.05, 0) is 38.3 Å². The molecule has 2 unspecified atom stereocenters. The third-order valence-corrected chi connectivity index (χ3v) is 4.50. The maximum absolute atomic E-state index is 12.7. The van der Waals surface area contributed by atoms with Crippen LogP contribution in [-0.2, 0) is 0 Å². The number of aliphatic hydroxyl groups excluding tert-OH is 1. The minimum absolute atomic E-state index is 0.0357. The molecule has 2 heterocycles. The summed E-state index contributed by atoms with van der Waals surface area (Å²) in [5, 5.41) is 14.4. The molecular formula is C17H20ClN3O2. The fourth-order valence-electron chi connectivity index (χ4n) is 3.11. The number of likely N-dealkylation sites (tertiary alicyclic amines) is 1. The van der Waals surface area contributed by atoms with Gasteiger partial charge in [-0.3, -0.25) is 4.79 Å². The van der Waals surface area contributed by atoms with E-state index in [1.807, 2.05) is 23.1 Å². The van der Waals surface area contributed by atoms with E-state index in [2.05, 4.69) is 5.10 Å². The summed E-state index contributed by atoms with van der Waals surface area (Å²) in [6, 6.07) is 7.48. The molecule has 5 nitrogen and oxygen atoms in total. The number of nitrogens with zero attached hydrogens (tertiary/aromatic N) is 3. The van der Waals surface area contributed by atoms with E-state index in [1.165, 1.54) is 0 Å². The van der Waals surface area contributed by atoms with Crippen molar-refractivity contribution in [2.24, 2.45) is 0 Å². The zero-order chi connectivity index (χ0) is 16.4. The lowest BCUT2D eigenvalue weighted by Crippen LogP contribution is -2.37. The predicted octanol–water partition coefficient (Wildman–Crippen LogP) is 2.90. The highest BCUT2D eigenvalue weighted by atomic mass is 35.5. The van der Waals surface area contributed by atoms with E-state index >= 15 is 0 Å². The summed E-state index contributed by atoms with van der Waals surface area (Å²) in [6.07, 6.45) is 5.41. The molecule has 1 fully saturated rings. The van der Waals surface area contributed by atoms with Crippen LogP contribution in [0.2, 0.25) is 5.02 Å². The van der Waals surface area contributed by atoms with Gasteiger partial charge in [0.25, 0.3) is 5.91 Å². The summed E-state index contributed by atoms with van der Waals surface area (Å²) in [4.78, 5) is 14.6. The number of amides is 1. The molecule has 0 radical (unpaired) electrons. The SMILES string of the molecule is CC(O)CC1CCCN1C(=O)c1cnn(-c2ccccc2Cl)c1. The first-order valence-corrected chi connectivity index (χ1v) is 8.22. The molecule has 0 saturated carbocycles. The van der Waals surface area contributed by atoms with E-state index in [4.69, 9.17) is 11.6 Å². The van der Waals surface area contributed by atoms with E-state index in [1.54, 1.807) is 30.1 Å². The first-order valence-electron chi connectivity index (χ1n) is 7.85. The number of carbonyl (C=O) groups is 1. The van der Waals surface area contributed by atoms with E-state index in [9.17, 15) is 9.90 Å². The molecule has 2 aromatic rings. The Labute approximate surface area is 140 Å². The molecule has 6 heteroatoms. The molecule has 122 valence electrons. The smallest absolute Gasteiger partial charge is 0.257 e. The van der Waals surface area contributed by atoms with Gasteiger partial charge < -0.3 is 10.0 Å². The predicted molar refractivity (Wildman–Crippen MR) is 88.9 cm³/mol. The van der Waals surface area contributed by atoms with Crippen LogP contribution in [0.4, 0.5) is 0 Å². The summed E-state index contributed by atoms with van der Waals surface area (Å²) >= 11 is 6.17. The second-order valence-corrected chi connectivity index (χ2v) is 6.41. The van der Waals surface area contributed by atoms with Gasteiger partial charge in [0.05, 0.1) is 28.6 Å². The second-order valence-electron chi connectivity index (χ2n) is 6.00. The molecule has 1 aliphatic heterocycles. The van der Waals surface area contributed by atoms with Crippen LogP contribution in [0.5, 0.6) is 0 Å². The van der Waals surface area contributed by atoms with Gasteiger partial charge in [-0.1, -0.05) is 23.7 Å². The fraction of sp³-hybridized carbons (Fsp3) is 0.412. The Kier molecular flexibility index (Phi) is 4.68. The van der Waals surface area contributed by atoms with Crippen LogP contribution in [0.15, 0.2) is 36.7 Å². The van der Waals surface area contributed by atoms with Gasteiger partial charge >= 0.3 is 0 Å². The van der Waals surface area contributed by atoms with Crippen molar-refractivity contribution in [3.63, 3.8) is 0 Å². The molecule has 2 atom stereocenters. The van der Waals surface area contributed by atoms with Crippen molar-refractivity contribution in [1.82, 2.24) is 14.7 Å². The molecule has 1 aromatic carbocycles. The largest absolute Gasteiger partial charge is 0.393 e. The number of rotatable bonds is 4. The van der Waals surface area contributed by atoms with Crippen molar-refractivity contribution in [2.45, 2.75) is 38.3 Å². The molecule has 3 rings (SSSR count). The Morgan fingerprint density at radius 3 is 3.00 bits per heavy atom. The average molecular weight is 334 g/mol. The van der Waals surface area contributed by atoms with Crippen molar-refractivity contribution >= 4 is 17.5 Å². The van der Waals surface area contributed by atoms with Crippen molar-refractivity contribution in [1.29, 1.82) is 0 Å². The van der Waals surface area contributed by atoms with Crippen molar-refractivity contribution < 1.29 is 9.90 Å². The van der Waals surface area contributed by atoms with Crippen LogP contribution >= 0.6 is 11.6 Å². The number of hydrogen-bond acceptors (Lipinski definition) is 3. The quantitative estimate of drug-likeness (QED) is 0.936. The summed E-state index contributed by atoms with van der Waals surface area (Å²) in [6.45, 7) is 2.49. The molecule has 23 heavy (non-hydrogen) atoms. The Morgan fingerprint density at radius 1 is 1.48 bits per heavy atom. The molecule has 1 amide bonds. The normalized spacial score (nSPS) is 19.1. The lowest BCUT2D eigenvalue weighted by molar-refractivity contribution is 0.0682. The number of benzene rings is 1. The number of hydrogen-bond donors (Lipinski definition) is 1. The molecule has 1 N–H and O–H groups in total. The van der Waals surface area contributed by atoms with Gasteiger partial charge in [0.1, 0.15) is 0 Å². The van der Waals surface area contributed by atoms with Gasteiger partial charge in [-0.15, -0.1) is 0 Å². The Bertz CT molecular complexity index is 699. The second kappa shape index (κ2) is 6.72. The lowest BCUT2D eigenvalue weighted by atomic mass is 10.1. The standard InChI is InChI=1S/C17H20ClN3O2/c1-12(22)9-14-5-4-8-20(14)17(23)13-10-19-21(11-13)16-7-3-2-6-15(16)18/h2-3,6-7,10-12,14,22H,4-5,8-9H2,1H3. The van der Waals surface area contributed by atoms with Crippen LogP contribution in [-0.4, -0.2) is 44.4 Å².